The standard InChI is InChI=1S/C24H23BrN2O4/c1-30-14-13-26-24(29)18-7-10-20(11-8-18)27-23(28)16-31-22-12-9-19(15-21(22)25)17-5-3-2-4-6-17/h2-12,15H,13-14,16H2,1H3,(H,26,29)(H,27,28). The molecule has 160 valence electrons. The van der Waals surface area contributed by atoms with Crippen molar-refractivity contribution in [2.45, 2.75) is 0 Å². The lowest BCUT2D eigenvalue weighted by molar-refractivity contribution is -0.118. The van der Waals surface area contributed by atoms with Crippen molar-refractivity contribution in [1.29, 1.82) is 0 Å². The molecule has 7 heteroatoms. The second-order valence-electron chi connectivity index (χ2n) is 6.67. The lowest BCUT2D eigenvalue weighted by Gasteiger charge is -2.11. The van der Waals surface area contributed by atoms with Gasteiger partial charge in [-0.15, -0.1) is 0 Å². The van der Waals surface area contributed by atoms with Crippen LogP contribution < -0.4 is 15.4 Å². The molecule has 0 bridgehead atoms. The molecule has 0 heterocycles. The highest BCUT2D eigenvalue weighted by Gasteiger charge is 2.09. The molecule has 0 aromatic heterocycles. The maximum absolute atomic E-state index is 12.2. The number of methoxy groups -OCH3 is 1. The number of anilines is 1. The number of benzene rings is 3. The molecule has 0 atom stereocenters. The van der Waals surface area contributed by atoms with Crippen molar-refractivity contribution in [2.24, 2.45) is 0 Å². The Balaban J connectivity index is 1.51. The normalized spacial score (nSPS) is 10.4. The number of rotatable bonds is 9. The summed E-state index contributed by atoms with van der Waals surface area (Å²) in [7, 11) is 1.58. The van der Waals surface area contributed by atoms with Gasteiger partial charge in [-0.1, -0.05) is 36.4 Å². The zero-order valence-corrected chi connectivity index (χ0v) is 18.6. The summed E-state index contributed by atoms with van der Waals surface area (Å²) in [6.07, 6.45) is 0. The van der Waals surface area contributed by atoms with E-state index in [9.17, 15) is 9.59 Å². The predicted octanol–water partition coefficient (Wildman–Crippen LogP) is 4.51. The van der Waals surface area contributed by atoms with E-state index in [0.717, 1.165) is 15.6 Å². The fourth-order valence-electron chi connectivity index (χ4n) is 2.84. The van der Waals surface area contributed by atoms with Crippen molar-refractivity contribution in [2.75, 3.05) is 32.2 Å². The maximum Gasteiger partial charge on any atom is 0.262 e. The van der Waals surface area contributed by atoms with Gasteiger partial charge in [0.1, 0.15) is 5.75 Å². The van der Waals surface area contributed by atoms with Gasteiger partial charge in [-0.25, -0.2) is 0 Å². The Kier molecular flexibility index (Phi) is 8.20. The molecule has 6 nitrogen and oxygen atoms in total. The summed E-state index contributed by atoms with van der Waals surface area (Å²) in [4.78, 5) is 24.2. The molecule has 0 fully saturated rings. The van der Waals surface area contributed by atoms with Gasteiger partial charge in [0, 0.05) is 24.9 Å². The molecule has 3 aromatic rings. The van der Waals surface area contributed by atoms with E-state index in [1.54, 1.807) is 31.4 Å². The summed E-state index contributed by atoms with van der Waals surface area (Å²) in [5.74, 6) is 0.0938. The smallest absolute Gasteiger partial charge is 0.262 e. The highest BCUT2D eigenvalue weighted by molar-refractivity contribution is 9.10. The van der Waals surface area contributed by atoms with Gasteiger partial charge in [0.15, 0.2) is 6.61 Å². The Labute approximate surface area is 189 Å². The average molecular weight is 483 g/mol. The number of amides is 2. The van der Waals surface area contributed by atoms with Crippen LogP contribution in [-0.4, -0.2) is 38.7 Å². The molecule has 2 amide bonds. The summed E-state index contributed by atoms with van der Waals surface area (Å²) < 4.78 is 11.3. The first-order chi connectivity index (χ1) is 15.1. The van der Waals surface area contributed by atoms with Gasteiger partial charge in [0.05, 0.1) is 11.1 Å². The van der Waals surface area contributed by atoms with Gasteiger partial charge >= 0.3 is 0 Å². The average Bonchev–Trinajstić information content (AvgIpc) is 2.79. The van der Waals surface area contributed by atoms with E-state index in [-0.39, 0.29) is 18.4 Å². The fourth-order valence-corrected chi connectivity index (χ4v) is 3.34. The molecule has 0 saturated heterocycles. The summed E-state index contributed by atoms with van der Waals surface area (Å²) in [5.41, 5.74) is 3.24. The molecule has 0 aliphatic carbocycles. The second-order valence-corrected chi connectivity index (χ2v) is 7.53. The molecular formula is C24H23BrN2O4. The van der Waals surface area contributed by atoms with E-state index in [0.29, 0.717) is 30.2 Å². The first-order valence-corrected chi connectivity index (χ1v) is 10.5. The fraction of sp³-hybridized carbons (Fsp3) is 0.167. The number of nitrogens with one attached hydrogen (secondary N) is 2. The maximum atomic E-state index is 12.2. The Morgan fingerprint density at radius 1 is 0.935 bits per heavy atom. The molecule has 0 aliphatic rings. The third kappa shape index (κ3) is 6.67. The zero-order valence-electron chi connectivity index (χ0n) is 17.1. The van der Waals surface area contributed by atoms with Crippen LogP contribution in [0.5, 0.6) is 5.75 Å². The van der Waals surface area contributed by atoms with Crippen molar-refractivity contribution in [1.82, 2.24) is 5.32 Å². The lowest BCUT2D eigenvalue weighted by Crippen LogP contribution is -2.26. The number of carbonyl (C=O) groups is 2. The van der Waals surface area contributed by atoms with Crippen LogP contribution in [0.1, 0.15) is 10.4 Å². The minimum absolute atomic E-state index is 0.136. The van der Waals surface area contributed by atoms with E-state index >= 15 is 0 Å². The largest absolute Gasteiger partial charge is 0.483 e. The topological polar surface area (TPSA) is 76.7 Å². The van der Waals surface area contributed by atoms with E-state index in [4.69, 9.17) is 9.47 Å². The Hall–Kier alpha value is -3.16. The first-order valence-electron chi connectivity index (χ1n) is 9.71. The van der Waals surface area contributed by atoms with Crippen LogP contribution in [0.15, 0.2) is 77.3 Å². The van der Waals surface area contributed by atoms with Crippen LogP contribution in [0.4, 0.5) is 5.69 Å². The monoisotopic (exact) mass is 482 g/mol. The summed E-state index contributed by atoms with van der Waals surface area (Å²) in [5, 5.41) is 5.50. The molecule has 0 aliphatic heterocycles. The van der Waals surface area contributed by atoms with Gasteiger partial charge < -0.3 is 20.1 Å². The number of halogens is 1. The third-order valence-electron chi connectivity index (χ3n) is 4.42. The van der Waals surface area contributed by atoms with Gasteiger partial charge in [-0.05, 0) is 63.5 Å². The molecule has 31 heavy (non-hydrogen) atoms. The minimum atomic E-state index is -0.295. The molecule has 0 unspecified atom stereocenters. The number of ether oxygens (including phenoxy) is 2. The molecule has 0 radical (unpaired) electrons. The van der Waals surface area contributed by atoms with Crippen molar-refractivity contribution >= 4 is 33.4 Å². The van der Waals surface area contributed by atoms with Gasteiger partial charge in [-0.2, -0.15) is 0 Å². The van der Waals surface area contributed by atoms with E-state index < -0.39 is 0 Å². The molecular weight excluding hydrogens is 460 g/mol. The molecule has 0 saturated carbocycles. The summed E-state index contributed by atoms with van der Waals surface area (Å²) in [6, 6.07) is 22.4. The van der Waals surface area contributed by atoms with E-state index in [1.807, 2.05) is 48.5 Å². The number of hydrogen-bond acceptors (Lipinski definition) is 4. The predicted molar refractivity (Wildman–Crippen MR) is 124 cm³/mol. The Morgan fingerprint density at radius 2 is 1.68 bits per heavy atom. The molecule has 3 rings (SSSR count). The SMILES string of the molecule is COCCNC(=O)c1ccc(NC(=O)COc2ccc(-c3ccccc3)cc2Br)cc1. The zero-order chi connectivity index (χ0) is 22.1. The van der Waals surface area contributed by atoms with Gasteiger partial charge in [0.2, 0.25) is 0 Å². The number of hydrogen-bond donors (Lipinski definition) is 2. The quantitative estimate of drug-likeness (QED) is 0.440. The second kappa shape index (κ2) is 11.3. The molecule has 3 aromatic carbocycles. The van der Waals surface area contributed by atoms with Crippen LogP contribution in [0.2, 0.25) is 0 Å². The third-order valence-corrected chi connectivity index (χ3v) is 5.04. The summed E-state index contributed by atoms with van der Waals surface area (Å²) >= 11 is 3.50. The van der Waals surface area contributed by atoms with Crippen molar-refractivity contribution in [3.8, 4) is 16.9 Å². The van der Waals surface area contributed by atoms with E-state index in [1.165, 1.54) is 0 Å². The number of carbonyl (C=O) groups excluding carboxylic acids is 2. The lowest BCUT2D eigenvalue weighted by atomic mass is 10.1. The van der Waals surface area contributed by atoms with Gasteiger partial charge in [0.25, 0.3) is 11.8 Å². The first kappa shape index (κ1) is 22.5. The summed E-state index contributed by atoms with van der Waals surface area (Å²) in [6.45, 7) is 0.751. The van der Waals surface area contributed by atoms with Crippen LogP contribution in [0, 0.1) is 0 Å². The minimum Gasteiger partial charge on any atom is -0.483 e. The Bertz CT molecular complexity index is 1020. The van der Waals surface area contributed by atoms with Crippen molar-refractivity contribution < 1.29 is 19.1 Å². The van der Waals surface area contributed by atoms with Crippen molar-refractivity contribution in [3.63, 3.8) is 0 Å². The van der Waals surface area contributed by atoms with Gasteiger partial charge in [-0.3, -0.25) is 9.59 Å². The van der Waals surface area contributed by atoms with E-state index in [2.05, 4.69) is 26.6 Å². The Morgan fingerprint density at radius 3 is 2.35 bits per heavy atom. The van der Waals surface area contributed by atoms with Crippen LogP contribution in [0.25, 0.3) is 11.1 Å². The molecule has 2 N–H and O–H groups in total. The van der Waals surface area contributed by atoms with Crippen LogP contribution >= 0.6 is 15.9 Å². The highest BCUT2D eigenvalue weighted by Crippen LogP contribution is 2.30. The van der Waals surface area contributed by atoms with Crippen LogP contribution in [0.3, 0.4) is 0 Å². The molecule has 0 spiro atoms. The van der Waals surface area contributed by atoms with Crippen LogP contribution in [-0.2, 0) is 9.53 Å². The van der Waals surface area contributed by atoms with Crippen molar-refractivity contribution in [3.05, 3.63) is 82.8 Å². The highest BCUT2D eigenvalue weighted by atomic mass is 79.9.